The molecule has 0 aliphatic rings. The Morgan fingerprint density at radius 3 is 2.38 bits per heavy atom. The van der Waals surface area contributed by atoms with Gasteiger partial charge in [0.1, 0.15) is 17.9 Å². The normalized spacial score (nSPS) is 11.8. The van der Waals surface area contributed by atoms with Crippen LogP contribution < -0.4 is 20.7 Å². The molecule has 0 aromatic heterocycles. The van der Waals surface area contributed by atoms with Crippen molar-refractivity contribution in [2.24, 2.45) is 0 Å². The number of halogens is 1. The SMILES string of the molecule is CC(Oc1ccc(Cl)cc1)C(=O)Nc1cccc(CNC(=O)CNC(=O)OC(C)(C)C)c1. The topological polar surface area (TPSA) is 106 Å². The number of carbonyl (C=O) groups is 3. The molecule has 8 nitrogen and oxygen atoms in total. The molecule has 0 saturated heterocycles. The molecule has 0 spiro atoms. The summed E-state index contributed by atoms with van der Waals surface area (Å²) in [6.07, 6.45) is -1.38. The van der Waals surface area contributed by atoms with Gasteiger partial charge in [0.25, 0.3) is 5.91 Å². The van der Waals surface area contributed by atoms with Gasteiger partial charge in [-0.2, -0.15) is 0 Å². The smallest absolute Gasteiger partial charge is 0.408 e. The van der Waals surface area contributed by atoms with Gasteiger partial charge in [-0.1, -0.05) is 23.7 Å². The maximum Gasteiger partial charge on any atom is 0.408 e. The Labute approximate surface area is 192 Å². The highest BCUT2D eigenvalue weighted by Crippen LogP contribution is 2.18. The van der Waals surface area contributed by atoms with Crippen molar-refractivity contribution in [3.05, 3.63) is 59.1 Å². The van der Waals surface area contributed by atoms with Crippen molar-refractivity contribution in [3.63, 3.8) is 0 Å². The van der Waals surface area contributed by atoms with Gasteiger partial charge in [0, 0.05) is 17.3 Å². The highest BCUT2D eigenvalue weighted by Gasteiger charge is 2.17. The number of alkyl carbamates (subject to hydrolysis) is 1. The minimum absolute atomic E-state index is 0.203. The number of ether oxygens (including phenoxy) is 2. The lowest BCUT2D eigenvalue weighted by Gasteiger charge is -2.19. The lowest BCUT2D eigenvalue weighted by molar-refractivity contribution is -0.122. The zero-order valence-corrected chi connectivity index (χ0v) is 19.3. The van der Waals surface area contributed by atoms with Crippen LogP contribution >= 0.6 is 11.6 Å². The van der Waals surface area contributed by atoms with E-state index in [9.17, 15) is 14.4 Å². The largest absolute Gasteiger partial charge is 0.481 e. The minimum atomic E-state index is -0.724. The molecule has 2 aromatic carbocycles. The van der Waals surface area contributed by atoms with Crippen LogP contribution in [0.5, 0.6) is 5.75 Å². The van der Waals surface area contributed by atoms with Crippen LogP contribution in [0.4, 0.5) is 10.5 Å². The van der Waals surface area contributed by atoms with Crippen LogP contribution in [0.15, 0.2) is 48.5 Å². The van der Waals surface area contributed by atoms with Gasteiger partial charge in [-0.05, 0) is 69.7 Å². The molecule has 3 amide bonds. The summed E-state index contributed by atoms with van der Waals surface area (Å²) in [7, 11) is 0. The molecule has 0 aliphatic heterocycles. The molecule has 0 bridgehead atoms. The monoisotopic (exact) mass is 461 g/mol. The van der Waals surface area contributed by atoms with E-state index in [-0.39, 0.29) is 24.9 Å². The number of benzene rings is 2. The van der Waals surface area contributed by atoms with E-state index in [0.717, 1.165) is 5.56 Å². The molecule has 9 heteroatoms. The van der Waals surface area contributed by atoms with Gasteiger partial charge in [0.05, 0.1) is 0 Å². The molecule has 2 aromatic rings. The lowest BCUT2D eigenvalue weighted by atomic mass is 10.2. The van der Waals surface area contributed by atoms with Crippen molar-refractivity contribution in [2.75, 3.05) is 11.9 Å². The van der Waals surface area contributed by atoms with Crippen molar-refractivity contribution in [1.82, 2.24) is 10.6 Å². The molecule has 0 fully saturated rings. The van der Waals surface area contributed by atoms with Crippen molar-refractivity contribution >= 4 is 35.2 Å². The van der Waals surface area contributed by atoms with Crippen LogP contribution in [0.3, 0.4) is 0 Å². The third-order valence-corrected chi connectivity index (χ3v) is 4.22. The number of hydrogen-bond donors (Lipinski definition) is 3. The molecule has 0 aliphatic carbocycles. The van der Waals surface area contributed by atoms with Crippen molar-refractivity contribution in [3.8, 4) is 5.75 Å². The summed E-state index contributed by atoms with van der Waals surface area (Å²) in [5, 5.41) is 8.47. The van der Waals surface area contributed by atoms with Gasteiger partial charge in [-0.25, -0.2) is 4.79 Å². The zero-order valence-electron chi connectivity index (χ0n) is 18.5. The maximum absolute atomic E-state index is 12.4. The van der Waals surface area contributed by atoms with Crippen LogP contribution in [0.2, 0.25) is 5.02 Å². The van der Waals surface area contributed by atoms with Crippen molar-refractivity contribution in [2.45, 2.75) is 45.9 Å². The summed E-state index contributed by atoms with van der Waals surface area (Å²) in [5.74, 6) is -0.147. The van der Waals surface area contributed by atoms with E-state index in [2.05, 4.69) is 16.0 Å². The molecule has 0 heterocycles. The summed E-state index contributed by atoms with van der Waals surface area (Å²) < 4.78 is 10.7. The third-order valence-electron chi connectivity index (χ3n) is 3.97. The van der Waals surface area contributed by atoms with Crippen LogP contribution in [-0.2, 0) is 20.9 Å². The van der Waals surface area contributed by atoms with Gasteiger partial charge in [-0.3, -0.25) is 9.59 Å². The number of amides is 3. The Morgan fingerprint density at radius 2 is 1.72 bits per heavy atom. The van der Waals surface area contributed by atoms with E-state index < -0.39 is 17.8 Å². The van der Waals surface area contributed by atoms with E-state index in [0.29, 0.717) is 16.5 Å². The Kier molecular flexibility index (Phi) is 8.90. The average molecular weight is 462 g/mol. The van der Waals surface area contributed by atoms with E-state index in [1.54, 1.807) is 70.2 Å². The maximum atomic E-state index is 12.4. The zero-order chi connectivity index (χ0) is 23.7. The number of carbonyl (C=O) groups excluding carboxylic acids is 3. The first-order valence-electron chi connectivity index (χ1n) is 10.1. The van der Waals surface area contributed by atoms with Gasteiger partial charge in [-0.15, -0.1) is 0 Å². The summed E-state index contributed by atoms with van der Waals surface area (Å²) >= 11 is 5.85. The molecule has 1 unspecified atom stereocenters. The average Bonchev–Trinajstić information content (AvgIpc) is 2.71. The number of nitrogens with one attached hydrogen (secondary N) is 3. The highest BCUT2D eigenvalue weighted by atomic mass is 35.5. The second-order valence-electron chi connectivity index (χ2n) is 8.04. The highest BCUT2D eigenvalue weighted by molar-refractivity contribution is 6.30. The fraction of sp³-hybridized carbons (Fsp3) is 0.348. The third kappa shape index (κ3) is 9.26. The Morgan fingerprint density at radius 1 is 1.03 bits per heavy atom. The first kappa shape index (κ1) is 25.0. The van der Waals surface area contributed by atoms with Crippen LogP contribution in [0.1, 0.15) is 33.3 Å². The quantitative estimate of drug-likeness (QED) is 0.553. The van der Waals surface area contributed by atoms with Gasteiger partial charge < -0.3 is 25.4 Å². The molecule has 0 saturated carbocycles. The first-order valence-corrected chi connectivity index (χ1v) is 10.5. The van der Waals surface area contributed by atoms with E-state index in [1.165, 1.54) is 0 Å². The van der Waals surface area contributed by atoms with Crippen LogP contribution in [-0.4, -0.2) is 36.2 Å². The van der Waals surface area contributed by atoms with Gasteiger partial charge >= 0.3 is 6.09 Å². The second kappa shape index (κ2) is 11.4. The van der Waals surface area contributed by atoms with Gasteiger partial charge in [0.2, 0.25) is 5.91 Å². The molecule has 1 atom stereocenters. The summed E-state index contributed by atoms with van der Waals surface area (Å²) in [5.41, 5.74) is 0.711. The standard InChI is InChI=1S/C23H28ClN3O5/c1-15(31-19-10-8-17(24)9-11-19)21(29)27-18-7-5-6-16(12-18)13-25-20(28)14-26-22(30)32-23(2,3)4/h5-12,15H,13-14H2,1-4H3,(H,25,28)(H,26,30)(H,27,29). The first-order chi connectivity index (χ1) is 15.0. The lowest BCUT2D eigenvalue weighted by Crippen LogP contribution is -2.39. The molecular weight excluding hydrogens is 434 g/mol. The second-order valence-corrected chi connectivity index (χ2v) is 8.47. The molecule has 3 N–H and O–H groups in total. The Bertz CT molecular complexity index is 941. The predicted octanol–water partition coefficient (Wildman–Crippen LogP) is 3.89. The summed E-state index contributed by atoms with van der Waals surface area (Å²) in [6, 6.07) is 13.8. The molecule has 0 radical (unpaired) electrons. The van der Waals surface area contributed by atoms with Gasteiger partial charge in [0.15, 0.2) is 6.10 Å². The number of rotatable bonds is 8. The number of hydrogen-bond acceptors (Lipinski definition) is 5. The van der Waals surface area contributed by atoms with E-state index in [4.69, 9.17) is 21.1 Å². The van der Waals surface area contributed by atoms with Crippen molar-refractivity contribution < 1.29 is 23.9 Å². The molecule has 172 valence electrons. The minimum Gasteiger partial charge on any atom is -0.481 e. The molecule has 2 rings (SSSR count). The summed E-state index contributed by atoms with van der Waals surface area (Å²) in [6.45, 7) is 6.89. The molecule has 32 heavy (non-hydrogen) atoms. The fourth-order valence-electron chi connectivity index (χ4n) is 2.50. The number of anilines is 1. The van der Waals surface area contributed by atoms with E-state index >= 15 is 0 Å². The Hall–Kier alpha value is -3.26. The van der Waals surface area contributed by atoms with E-state index in [1.807, 2.05) is 6.07 Å². The fourth-order valence-corrected chi connectivity index (χ4v) is 2.63. The van der Waals surface area contributed by atoms with Crippen molar-refractivity contribution in [1.29, 1.82) is 0 Å². The summed E-state index contributed by atoms with van der Waals surface area (Å²) in [4.78, 5) is 36.0. The molecular formula is C23H28ClN3O5. The van der Waals surface area contributed by atoms with Crippen LogP contribution in [0.25, 0.3) is 0 Å². The Balaban J connectivity index is 1.81. The van der Waals surface area contributed by atoms with Crippen LogP contribution in [0, 0.1) is 0 Å². The predicted molar refractivity (Wildman–Crippen MR) is 123 cm³/mol.